The number of benzene rings is 1. The summed E-state index contributed by atoms with van der Waals surface area (Å²) in [5.41, 5.74) is 6.72. The van der Waals surface area contributed by atoms with Crippen LogP contribution in [0.4, 0.5) is 10.7 Å². The van der Waals surface area contributed by atoms with E-state index in [1.807, 2.05) is 0 Å². The van der Waals surface area contributed by atoms with E-state index >= 15 is 0 Å². The van der Waals surface area contributed by atoms with Crippen molar-refractivity contribution in [2.75, 3.05) is 5.73 Å². The number of hydrogen-bond donors (Lipinski definition) is 3. The zero-order valence-corrected chi connectivity index (χ0v) is 16.3. The van der Waals surface area contributed by atoms with Crippen LogP contribution in [0.3, 0.4) is 0 Å². The van der Waals surface area contributed by atoms with Gasteiger partial charge in [0.25, 0.3) is 5.56 Å². The van der Waals surface area contributed by atoms with Gasteiger partial charge in [-0.3, -0.25) is 9.78 Å². The molecule has 1 aliphatic rings. The highest BCUT2D eigenvalue weighted by Gasteiger charge is 2.19. The lowest BCUT2D eigenvalue weighted by Gasteiger charge is -2.10. The molecule has 144 valence electrons. The van der Waals surface area contributed by atoms with Crippen LogP contribution >= 0.6 is 22.9 Å². The number of fused-ring (bicyclic) bond motifs is 1. The van der Waals surface area contributed by atoms with Crippen LogP contribution in [0.2, 0.25) is 5.02 Å². The second-order valence-corrected chi connectivity index (χ2v) is 8.02. The van der Waals surface area contributed by atoms with Crippen LogP contribution in [0.15, 0.2) is 38.8 Å². The first-order valence-electron chi connectivity index (χ1n) is 8.74. The van der Waals surface area contributed by atoms with Gasteiger partial charge in [-0.05, 0) is 55.5 Å². The summed E-state index contributed by atoms with van der Waals surface area (Å²) in [5.74, 6) is -0.500. The number of aromatic nitrogens is 2. The van der Waals surface area contributed by atoms with Crippen molar-refractivity contribution in [1.82, 2.24) is 9.55 Å². The van der Waals surface area contributed by atoms with Crippen molar-refractivity contribution < 1.29 is 5.11 Å². The summed E-state index contributed by atoms with van der Waals surface area (Å²) in [6.45, 7) is 0. The fourth-order valence-electron chi connectivity index (χ4n) is 3.28. The van der Waals surface area contributed by atoms with Gasteiger partial charge in [-0.25, -0.2) is 14.4 Å². The lowest BCUT2D eigenvalue weighted by atomic mass is 9.98. The Hall–Kier alpha value is -2.84. The number of halogens is 1. The normalized spacial score (nSPS) is 13.8. The molecule has 2 heterocycles. The maximum atomic E-state index is 12.2. The van der Waals surface area contributed by atoms with Crippen LogP contribution in [0.25, 0.3) is 5.69 Å². The summed E-state index contributed by atoms with van der Waals surface area (Å²) in [4.78, 5) is 32.2. The number of hydrogen-bond acceptors (Lipinski definition) is 6. The predicted octanol–water partition coefficient (Wildman–Crippen LogP) is 3.16. The summed E-state index contributed by atoms with van der Waals surface area (Å²) in [6.07, 6.45) is 5.38. The number of nitrogens with two attached hydrogens (primary N) is 1. The fraction of sp³-hybridized carbons (Fsp3) is 0.211. The average molecular weight is 417 g/mol. The van der Waals surface area contributed by atoms with E-state index in [0.29, 0.717) is 21.4 Å². The molecule has 1 aliphatic carbocycles. The summed E-state index contributed by atoms with van der Waals surface area (Å²) < 4.78 is 0.988. The second kappa shape index (κ2) is 7.29. The molecule has 0 bridgehead atoms. The van der Waals surface area contributed by atoms with Gasteiger partial charge in [-0.1, -0.05) is 11.6 Å². The summed E-state index contributed by atoms with van der Waals surface area (Å²) >= 11 is 7.37. The molecule has 9 heteroatoms. The number of anilines is 1. The minimum Gasteiger partial charge on any atom is -0.493 e. The topological polar surface area (TPSA) is 113 Å². The maximum absolute atomic E-state index is 12.2. The molecule has 4 N–H and O–H groups in total. The van der Waals surface area contributed by atoms with Crippen LogP contribution in [-0.4, -0.2) is 20.9 Å². The lowest BCUT2D eigenvalue weighted by Crippen LogP contribution is -2.31. The molecule has 0 aliphatic heterocycles. The van der Waals surface area contributed by atoms with Gasteiger partial charge in [0.1, 0.15) is 10.6 Å². The van der Waals surface area contributed by atoms with Gasteiger partial charge in [0, 0.05) is 16.1 Å². The average Bonchev–Trinajstić information content (AvgIpc) is 2.99. The van der Waals surface area contributed by atoms with E-state index in [1.54, 1.807) is 24.3 Å². The SMILES string of the molecule is Nc1c(N=Cc2c(O)n(-c3ccc(Cl)cc3)c(=O)[nH]c2=O)sc2c1CCCC2. The molecular formula is C19H17ClN4O3S. The highest BCUT2D eigenvalue weighted by atomic mass is 35.5. The van der Waals surface area contributed by atoms with Gasteiger partial charge in [0.15, 0.2) is 0 Å². The molecule has 0 unspecified atom stereocenters. The predicted molar refractivity (Wildman–Crippen MR) is 112 cm³/mol. The van der Waals surface area contributed by atoms with E-state index in [4.69, 9.17) is 17.3 Å². The third-order valence-corrected chi connectivity index (χ3v) is 6.18. The van der Waals surface area contributed by atoms with Gasteiger partial charge in [-0.2, -0.15) is 0 Å². The molecule has 2 aromatic heterocycles. The minimum absolute atomic E-state index is 0.125. The summed E-state index contributed by atoms with van der Waals surface area (Å²) in [5, 5.41) is 11.7. The Kier molecular flexibility index (Phi) is 4.82. The number of aryl methyl sites for hydroxylation is 1. The first-order chi connectivity index (χ1) is 13.5. The highest BCUT2D eigenvalue weighted by Crippen LogP contribution is 2.41. The molecule has 28 heavy (non-hydrogen) atoms. The first kappa shape index (κ1) is 18.5. The minimum atomic E-state index is -0.756. The molecule has 0 fully saturated rings. The van der Waals surface area contributed by atoms with E-state index in [1.165, 1.54) is 22.4 Å². The molecule has 0 radical (unpaired) electrons. The Morgan fingerprint density at radius 2 is 1.93 bits per heavy atom. The van der Waals surface area contributed by atoms with Crippen LogP contribution < -0.4 is 17.0 Å². The van der Waals surface area contributed by atoms with Gasteiger partial charge in [0.2, 0.25) is 5.88 Å². The maximum Gasteiger partial charge on any atom is 0.335 e. The standard InChI is InChI=1S/C19H17ClN4O3S/c20-10-5-7-11(8-6-10)24-18(26)13(16(25)23-19(24)27)9-22-17-15(21)12-3-1-2-4-14(12)28-17/h5-9,26H,1-4,21H2,(H,23,25,27). The third-order valence-electron chi connectivity index (χ3n) is 4.71. The molecule has 7 nitrogen and oxygen atoms in total. The van der Waals surface area contributed by atoms with E-state index in [-0.39, 0.29) is 5.56 Å². The smallest absolute Gasteiger partial charge is 0.335 e. The molecule has 1 aromatic carbocycles. The van der Waals surface area contributed by atoms with Crippen molar-refractivity contribution >= 4 is 39.8 Å². The van der Waals surface area contributed by atoms with Crippen molar-refractivity contribution in [2.24, 2.45) is 4.99 Å². The first-order valence-corrected chi connectivity index (χ1v) is 9.93. The zero-order valence-electron chi connectivity index (χ0n) is 14.7. The van der Waals surface area contributed by atoms with Crippen molar-refractivity contribution in [1.29, 1.82) is 0 Å². The van der Waals surface area contributed by atoms with E-state index in [2.05, 4.69) is 9.98 Å². The van der Waals surface area contributed by atoms with Crippen molar-refractivity contribution in [2.45, 2.75) is 25.7 Å². The Morgan fingerprint density at radius 3 is 2.64 bits per heavy atom. The summed E-state index contributed by atoms with van der Waals surface area (Å²) in [6, 6.07) is 6.29. The molecule has 0 amide bonds. The fourth-order valence-corrected chi connectivity index (χ4v) is 4.56. The number of aromatic amines is 1. The van der Waals surface area contributed by atoms with E-state index < -0.39 is 17.1 Å². The monoisotopic (exact) mass is 416 g/mol. The second-order valence-electron chi connectivity index (χ2n) is 6.50. The van der Waals surface area contributed by atoms with Crippen LogP contribution in [-0.2, 0) is 12.8 Å². The quantitative estimate of drug-likeness (QED) is 0.569. The Morgan fingerprint density at radius 1 is 1.21 bits per heavy atom. The molecular weight excluding hydrogens is 400 g/mol. The number of H-pyrrole nitrogens is 1. The van der Waals surface area contributed by atoms with Crippen LogP contribution in [0.5, 0.6) is 5.88 Å². The van der Waals surface area contributed by atoms with Crippen LogP contribution in [0, 0.1) is 0 Å². The van der Waals surface area contributed by atoms with E-state index in [0.717, 1.165) is 35.8 Å². The number of aromatic hydroxyl groups is 1. The van der Waals surface area contributed by atoms with Gasteiger partial charge >= 0.3 is 5.69 Å². The van der Waals surface area contributed by atoms with Crippen molar-refractivity contribution in [3.8, 4) is 11.6 Å². The highest BCUT2D eigenvalue weighted by molar-refractivity contribution is 7.16. The number of nitrogens with zero attached hydrogens (tertiary/aromatic N) is 2. The number of thiophene rings is 1. The van der Waals surface area contributed by atoms with Gasteiger partial charge < -0.3 is 10.8 Å². The molecule has 3 aromatic rings. The summed E-state index contributed by atoms with van der Waals surface area (Å²) in [7, 11) is 0. The van der Waals surface area contributed by atoms with Gasteiger partial charge in [-0.15, -0.1) is 11.3 Å². The van der Waals surface area contributed by atoms with E-state index in [9.17, 15) is 14.7 Å². The Labute approximate surface area is 168 Å². The molecule has 0 atom stereocenters. The molecule has 0 saturated carbocycles. The van der Waals surface area contributed by atoms with Crippen molar-refractivity contribution in [3.05, 3.63) is 66.1 Å². The number of aliphatic imine (C=N–C) groups is 1. The lowest BCUT2D eigenvalue weighted by molar-refractivity contribution is 0.430. The molecule has 4 rings (SSSR count). The number of rotatable bonds is 3. The van der Waals surface area contributed by atoms with Gasteiger partial charge in [0.05, 0.1) is 11.4 Å². The van der Waals surface area contributed by atoms with Crippen LogP contribution in [0.1, 0.15) is 28.8 Å². The Balaban J connectivity index is 1.78. The number of nitrogen functional groups attached to an aromatic ring is 1. The zero-order chi connectivity index (χ0) is 19.8. The molecule has 0 saturated heterocycles. The largest absolute Gasteiger partial charge is 0.493 e. The molecule has 0 spiro atoms. The third kappa shape index (κ3) is 3.25. The van der Waals surface area contributed by atoms with Crippen molar-refractivity contribution in [3.63, 3.8) is 0 Å². The number of nitrogens with one attached hydrogen (secondary N) is 1. The Bertz CT molecular complexity index is 1190.